The molecular formula is C22H29NO2. The molecule has 0 saturated carbocycles. The molecule has 0 radical (unpaired) electrons. The first-order valence-corrected chi connectivity index (χ1v) is 9.34. The fraction of sp³-hybridized carbons (Fsp3) is 0.409. The number of aryl methyl sites for hydroxylation is 1. The lowest BCUT2D eigenvalue weighted by Crippen LogP contribution is -2.11. The monoisotopic (exact) mass is 339 g/mol. The number of carbonyl (C=O) groups excluding carboxylic acids is 1. The smallest absolute Gasteiger partial charge is 0.224 e. The summed E-state index contributed by atoms with van der Waals surface area (Å²) in [5.41, 5.74) is 2.10. The maximum atomic E-state index is 12.0. The molecule has 0 aliphatic heterocycles. The average Bonchev–Trinajstić information content (AvgIpc) is 2.64. The third-order valence-electron chi connectivity index (χ3n) is 4.12. The van der Waals surface area contributed by atoms with Crippen LogP contribution in [0.5, 0.6) is 5.75 Å². The number of ether oxygens (including phenoxy) is 1. The topological polar surface area (TPSA) is 38.3 Å². The lowest BCUT2D eigenvalue weighted by molar-refractivity contribution is -0.116. The average molecular weight is 339 g/mol. The van der Waals surface area contributed by atoms with Crippen LogP contribution in [-0.4, -0.2) is 12.5 Å². The first-order valence-electron chi connectivity index (χ1n) is 9.34. The van der Waals surface area contributed by atoms with E-state index in [4.69, 9.17) is 4.74 Å². The van der Waals surface area contributed by atoms with Crippen LogP contribution in [0.4, 0.5) is 5.69 Å². The van der Waals surface area contributed by atoms with Gasteiger partial charge in [-0.15, -0.1) is 0 Å². The van der Waals surface area contributed by atoms with Crippen LogP contribution in [0.3, 0.4) is 0 Å². The van der Waals surface area contributed by atoms with Crippen molar-refractivity contribution in [3.05, 3.63) is 60.2 Å². The zero-order valence-corrected chi connectivity index (χ0v) is 15.2. The van der Waals surface area contributed by atoms with Crippen molar-refractivity contribution in [1.29, 1.82) is 0 Å². The molecule has 0 bridgehead atoms. The summed E-state index contributed by atoms with van der Waals surface area (Å²) < 4.78 is 5.71. The molecule has 0 saturated heterocycles. The Hall–Kier alpha value is -2.29. The van der Waals surface area contributed by atoms with Gasteiger partial charge in [0.2, 0.25) is 5.91 Å². The van der Waals surface area contributed by atoms with Crippen LogP contribution < -0.4 is 10.1 Å². The summed E-state index contributed by atoms with van der Waals surface area (Å²) >= 11 is 0. The molecule has 134 valence electrons. The van der Waals surface area contributed by atoms with Gasteiger partial charge in [-0.1, -0.05) is 56.5 Å². The first-order chi connectivity index (χ1) is 12.3. The molecule has 2 rings (SSSR count). The number of benzene rings is 2. The van der Waals surface area contributed by atoms with Crippen LogP contribution >= 0.6 is 0 Å². The highest BCUT2D eigenvalue weighted by Crippen LogP contribution is 2.17. The van der Waals surface area contributed by atoms with E-state index in [1.807, 2.05) is 42.5 Å². The second-order valence-corrected chi connectivity index (χ2v) is 6.32. The van der Waals surface area contributed by atoms with Gasteiger partial charge in [0.05, 0.1) is 6.61 Å². The van der Waals surface area contributed by atoms with E-state index in [1.54, 1.807) is 0 Å². The molecular weight excluding hydrogens is 310 g/mol. The van der Waals surface area contributed by atoms with Crippen molar-refractivity contribution in [2.45, 2.75) is 51.9 Å². The minimum Gasteiger partial charge on any atom is -0.494 e. The van der Waals surface area contributed by atoms with E-state index in [1.165, 1.54) is 24.8 Å². The fourth-order valence-corrected chi connectivity index (χ4v) is 2.67. The second kappa shape index (κ2) is 11.3. The molecule has 1 amide bonds. The van der Waals surface area contributed by atoms with E-state index in [0.717, 1.165) is 37.3 Å². The Morgan fingerprint density at radius 3 is 2.40 bits per heavy atom. The van der Waals surface area contributed by atoms with Crippen LogP contribution in [0, 0.1) is 0 Å². The standard InChI is InChI=1S/C22H29NO2/c1-2-3-4-8-18-25-21-16-14-20(15-17-21)23-22(24)13-9-12-19-10-6-5-7-11-19/h5-7,10-11,14-17H,2-4,8-9,12-13,18H2,1H3,(H,23,24). The molecule has 0 aliphatic rings. The molecule has 0 fully saturated rings. The summed E-state index contributed by atoms with van der Waals surface area (Å²) in [6, 6.07) is 17.9. The van der Waals surface area contributed by atoms with Crippen LogP contribution in [0.15, 0.2) is 54.6 Å². The normalized spacial score (nSPS) is 10.4. The summed E-state index contributed by atoms with van der Waals surface area (Å²) in [6.07, 6.45) is 7.12. The van der Waals surface area contributed by atoms with Gasteiger partial charge in [0.25, 0.3) is 0 Å². The Bertz CT molecular complexity index is 608. The molecule has 2 aromatic rings. The van der Waals surface area contributed by atoms with Crippen LogP contribution in [0.2, 0.25) is 0 Å². The maximum absolute atomic E-state index is 12.0. The molecule has 1 N–H and O–H groups in total. The maximum Gasteiger partial charge on any atom is 0.224 e. The van der Waals surface area contributed by atoms with E-state index >= 15 is 0 Å². The fourth-order valence-electron chi connectivity index (χ4n) is 2.67. The van der Waals surface area contributed by atoms with Crippen molar-refractivity contribution in [3.8, 4) is 5.75 Å². The number of rotatable bonds is 11. The molecule has 2 aromatic carbocycles. The summed E-state index contributed by atoms with van der Waals surface area (Å²) in [6.45, 7) is 2.96. The lowest BCUT2D eigenvalue weighted by atomic mass is 10.1. The Labute approximate surface area is 151 Å². The number of carbonyl (C=O) groups is 1. The Kier molecular flexibility index (Phi) is 8.60. The molecule has 0 aromatic heterocycles. The number of hydrogen-bond acceptors (Lipinski definition) is 2. The lowest BCUT2D eigenvalue weighted by Gasteiger charge is -2.08. The number of nitrogens with one attached hydrogen (secondary N) is 1. The van der Waals surface area contributed by atoms with Gasteiger partial charge in [-0.2, -0.15) is 0 Å². The zero-order valence-electron chi connectivity index (χ0n) is 15.2. The molecule has 0 atom stereocenters. The first kappa shape index (κ1) is 19.0. The Morgan fingerprint density at radius 1 is 0.920 bits per heavy atom. The van der Waals surface area contributed by atoms with E-state index in [2.05, 4.69) is 24.4 Å². The van der Waals surface area contributed by atoms with Crippen molar-refractivity contribution in [1.82, 2.24) is 0 Å². The van der Waals surface area contributed by atoms with Gasteiger partial charge in [0, 0.05) is 12.1 Å². The quantitative estimate of drug-likeness (QED) is 0.541. The van der Waals surface area contributed by atoms with E-state index in [9.17, 15) is 4.79 Å². The molecule has 0 unspecified atom stereocenters. The van der Waals surface area contributed by atoms with Crippen LogP contribution in [0.1, 0.15) is 51.0 Å². The van der Waals surface area contributed by atoms with Crippen LogP contribution in [-0.2, 0) is 11.2 Å². The van der Waals surface area contributed by atoms with Crippen molar-refractivity contribution >= 4 is 11.6 Å². The largest absolute Gasteiger partial charge is 0.494 e. The highest BCUT2D eigenvalue weighted by Gasteiger charge is 2.03. The number of anilines is 1. The Balaban J connectivity index is 1.65. The highest BCUT2D eigenvalue weighted by atomic mass is 16.5. The van der Waals surface area contributed by atoms with Crippen molar-refractivity contribution in [2.75, 3.05) is 11.9 Å². The number of hydrogen-bond donors (Lipinski definition) is 1. The summed E-state index contributed by atoms with van der Waals surface area (Å²) in [4.78, 5) is 12.0. The summed E-state index contributed by atoms with van der Waals surface area (Å²) in [5.74, 6) is 0.919. The van der Waals surface area contributed by atoms with E-state index < -0.39 is 0 Å². The highest BCUT2D eigenvalue weighted by molar-refractivity contribution is 5.90. The van der Waals surface area contributed by atoms with E-state index in [-0.39, 0.29) is 5.91 Å². The predicted molar refractivity (Wildman–Crippen MR) is 104 cm³/mol. The van der Waals surface area contributed by atoms with Crippen molar-refractivity contribution in [3.63, 3.8) is 0 Å². The van der Waals surface area contributed by atoms with Gasteiger partial charge in [0.1, 0.15) is 5.75 Å². The SMILES string of the molecule is CCCCCCOc1ccc(NC(=O)CCCc2ccccc2)cc1. The second-order valence-electron chi connectivity index (χ2n) is 6.32. The molecule has 0 heterocycles. The van der Waals surface area contributed by atoms with Gasteiger partial charge in [-0.25, -0.2) is 0 Å². The van der Waals surface area contributed by atoms with Crippen molar-refractivity contribution in [2.24, 2.45) is 0 Å². The molecule has 0 spiro atoms. The minimum atomic E-state index is 0.0594. The molecule has 3 nitrogen and oxygen atoms in total. The van der Waals surface area contributed by atoms with Crippen LogP contribution in [0.25, 0.3) is 0 Å². The van der Waals surface area contributed by atoms with Crippen molar-refractivity contribution < 1.29 is 9.53 Å². The Morgan fingerprint density at radius 2 is 1.68 bits per heavy atom. The minimum absolute atomic E-state index is 0.0594. The third kappa shape index (κ3) is 7.88. The predicted octanol–water partition coefficient (Wildman–Crippen LogP) is 5.61. The van der Waals surface area contributed by atoms with Gasteiger partial charge < -0.3 is 10.1 Å². The zero-order chi connectivity index (χ0) is 17.7. The molecule has 0 aliphatic carbocycles. The number of amides is 1. The van der Waals surface area contributed by atoms with E-state index in [0.29, 0.717) is 6.42 Å². The van der Waals surface area contributed by atoms with Gasteiger partial charge in [-0.05, 0) is 49.1 Å². The van der Waals surface area contributed by atoms with Gasteiger partial charge >= 0.3 is 0 Å². The molecule has 3 heteroatoms. The summed E-state index contributed by atoms with van der Waals surface area (Å²) in [5, 5.41) is 2.94. The third-order valence-corrected chi connectivity index (χ3v) is 4.12. The van der Waals surface area contributed by atoms with Gasteiger partial charge in [-0.3, -0.25) is 4.79 Å². The number of unbranched alkanes of at least 4 members (excludes halogenated alkanes) is 3. The molecule has 25 heavy (non-hydrogen) atoms. The summed E-state index contributed by atoms with van der Waals surface area (Å²) in [7, 11) is 0. The van der Waals surface area contributed by atoms with Gasteiger partial charge in [0.15, 0.2) is 0 Å².